The summed E-state index contributed by atoms with van der Waals surface area (Å²) in [5.41, 5.74) is 0. The molecule has 2 fully saturated rings. The standard InChI is InChI=1S/C10H15O/c1-2-7-3-9-4-8(7)5-10(9)6-11/h6-8,10H,2-5H2,1H3. The van der Waals surface area contributed by atoms with Crippen LogP contribution in [0.25, 0.3) is 0 Å². The minimum absolute atomic E-state index is 0.350. The minimum Gasteiger partial charge on any atom is -0.303 e. The Kier molecular flexibility index (Phi) is 1.74. The van der Waals surface area contributed by atoms with Gasteiger partial charge in [0.1, 0.15) is 6.29 Å². The molecule has 0 aromatic carbocycles. The average Bonchev–Trinajstić information content (AvgIpc) is 2.60. The fourth-order valence-corrected chi connectivity index (χ4v) is 2.79. The van der Waals surface area contributed by atoms with E-state index in [9.17, 15) is 4.79 Å². The number of hydrogen-bond donors (Lipinski definition) is 0. The van der Waals surface area contributed by atoms with E-state index in [2.05, 4.69) is 6.92 Å². The van der Waals surface area contributed by atoms with Crippen molar-refractivity contribution in [3.8, 4) is 0 Å². The van der Waals surface area contributed by atoms with Crippen LogP contribution in [0.5, 0.6) is 0 Å². The molecule has 1 nitrogen and oxygen atoms in total. The van der Waals surface area contributed by atoms with Crippen LogP contribution in [-0.2, 0) is 4.79 Å². The van der Waals surface area contributed by atoms with Gasteiger partial charge in [-0.1, -0.05) is 13.3 Å². The maximum atomic E-state index is 10.6. The largest absolute Gasteiger partial charge is 0.303 e. The van der Waals surface area contributed by atoms with Gasteiger partial charge in [-0.2, -0.15) is 0 Å². The molecular weight excluding hydrogens is 136 g/mol. The van der Waals surface area contributed by atoms with Crippen molar-refractivity contribution < 1.29 is 4.79 Å². The fourth-order valence-electron chi connectivity index (χ4n) is 2.79. The first-order valence-corrected chi connectivity index (χ1v) is 4.65. The molecule has 0 aromatic heterocycles. The van der Waals surface area contributed by atoms with E-state index >= 15 is 0 Å². The molecule has 2 saturated carbocycles. The molecule has 61 valence electrons. The summed E-state index contributed by atoms with van der Waals surface area (Å²) in [6, 6.07) is 0. The molecule has 0 heterocycles. The van der Waals surface area contributed by atoms with Crippen molar-refractivity contribution in [2.45, 2.75) is 32.6 Å². The SMILES string of the molecule is CCC1C[C]2CC1CC2C=O. The molecule has 3 unspecified atom stereocenters. The van der Waals surface area contributed by atoms with Crippen LogP contribution in [0.2, 0.25) is 0 Å². The number of fused-ring (bicyclic) bond motifs is 2. The highest BCUT2D eigenvalue weighted by molar-refractivity contribution is 5.59. The second-order valence-corrected chi connectivity index (χ2v) is 3.97. The molecule has 0 saturated heterocycles. The molecule has 0 aliphatic heterocycles. The van der Waals surface area contributed by atoms with E-state index in [0.717, 1.165) is 24.5 Å². The van der Waals surface area contributed by atoms with Crippen molar-refractivity contribution in [3.05, 3.63) is 5.92 Å². The van der Waals surface area contributed by atoms with Gasteiger partial charge in [-0.05, 0) is 37.0 Å². The highest BCUT2D eigenvalue weighted by Gasteiger charge is 2.44. The molecular formula is C10H15O. The minimum atomic E-state index is 0.350. The van der Waals surface area contributed by atoms with Gasteiger partial charge in [-0.3, -0.25) is 0 Å². The van der Waals surface area contributed by atoms with Gasteiger partial charge in [0.05, 0.1) is 0 Å². The molecule has 2 aliphatic carbocycles. The lowest BCUT2D eigenvalue weighted by Gasteiger charge is -2.23. The maximum absolute atomic E-state index is 10.6. The highest BCUT2D eigenvalue weighted by Crippen LogP contribution is 2.53. The molecule has 0 aromatic rings. The Bertz CT molecular complexity index is 164. The predicted molar refractivity (Wildman–Crippen MR) is 43.9 cm³/mol. The van der Waals surface area contributed by atoms with Crippen molar-refractivity contribution in [1.82, 2.24) is 0 Å². The van der Waals surface area contributed by atoms with Crippen LogP contribution in [0.15, 0.2) is 0 Å². The third-order valence-corrected chi connectivity index (χ3v) is 3.49. The second-order valence-electron chi connectivity index (χ2n) is 3.97. The van der Waals surface area contributed by atoms with Gasteiger partial charge < -0.3 is 4.79 Å². The zero-order chi connectivity index (χ0) is 7.84. The molecule has 1 heteroatoms. The first-order valence-electron chi connectivity index (χ1n) is 4.65. The van der Waals surface area contributed by atoms with E-state index in [-0.39, 0.29) is 0 Å². The molecule has 0 N–H and O–H groups in total. The van der Waals surface area contributed by atoms with Gasteiger partial charge in [-0.15, -0.1) is 0 Å². The quantitative estimate of drug-likeness (QED) is 0.553. The third-order valence-electron chi connectivity index (χ3n) is 3.49. The first-order chi connectivity index (χ1) is 5.35. The van der Waals surface area contributed by atoms with Crippen LogP contribution >= 0.6 is 0 Å². The van der Waals surface area contributed by atoms with E-state index < -0.39 is 0 Å². The third kappa shape index (κ3) is 1.02. The Balaban J connectivity index is 2.02. The maximum Gasteiger partial charge on any atom is 0.123 e. The molecule has 2 aliphatic rings. The van der Waals surface area contributed by atoms with Crippen LogP contribution < -0.4 is 0 Å². The number of rotatable bonds is 2. The smallest absolute Gasteiger partial charge is 0.123 e. The molecule has 2 bridgehead atoms. The first kappa shape index (κ1) is 7.33. The molecule has 0 spiro atoms. The van der Waals surface area contributed by atoms with Gasteiger partial charge >= 0.3 is 0 Å². The summed E-state index contributed by atoms with van der Waals surface area (Å²) in [7, 11) is 0. The Morgan fingerprint density at radius 2 is 2.36 bits per heavy atom. The van der Waals surface area contributed by atoms with Crippen molar-refractivity contribution >= 4 is 6.29 Å². The van der Waals surface area contributed by atoms with E-state index in [0.29, 0.717) is 5.92 Å². The summed E-state index contributed by atoms with van der Waals surface area (Å²) in [5.74, 6) is 3.69. The summed E-state index contributed by atoms with van der Waals surface area (Å²) in [6.45, 7) is 2.27. The van der Waals surface area contributed by atoms with Crippen molar-refractivity contribution in [2.24, 2.45) is 17.8 Å². The lowest BCUT2D eigenvalue weighted by molar-refractivity contribution is -0.110. The van der Waals surface area contributed by atoms with Gasteiger partial charge in [0, 0.05) is 5.92 Å². The number of aldehydes is 1. The summed E-state index contributed by atoms with van der Waals surface area (Å²) in [5, 5.41) is 0. The molecule has 0 amide bonds. The summed E-state index contributed by atoms with van der Waals surface area (Å²) < 4.78 is 0. The Labute approximate surface area is 68.2 Å². The average molecular weight is 151 g/mol. The molecule has 3 atom stereocenters. The van der Waals surface area contributed by atoms with Crippen molar-refractivity contribution in [3.63, 3.8) is 0 Å². The summed E-state index contributed by atoms with van der Waals surface area (Å²) in [4.78, 5) is 10.6. The van der Waals surface area contributed by atoms with Crippen molar-refractivity contribution in [1.29, 1.82) is 0 Å². The Morgan fingerprint density at radius 1 is 1.55 bits per heavy atom. The van der Waals surface area contributed by atoms with Gasteiger partial charge in [0.15, 0.2) is 0 Å². The van der Waals surface area contributed by atoms with Gasteiger partial charge in [-0.25, -0.2) is 0 Å². The zero-order valence-electron chi connectivity index (χ0n) is 7.05. The summed E-state index contributed by atoms with van der Waals surface area (Å²) in [6.07, 6.45) is 6.14. The van der Waals surface area contributed by atoms with E-state index in [1.165, 1.54) is 19.3 Å². The second kappa shape index (κ2) is 2.62. The van der Waals surface area contributed by atoms with E-state index in [4.69, 9.17) is 0 Å². The lowest BCUT2D eigenvalue weighted by atomic mass is 9.82. The lowest BCUT2D eigenvalue weighted by Crippen LogP contribution is -2.16. The Morgan fingerprint density at radius 3 is 2.82 bits per heavy atom. The topological polar surface area (TPSA) is 17.1 Å². The molecule has 11 heavy (non-hydrogen) atoms. The Hall–Kier alpha value is -0.330. The highest BCUT2D eigenvalue weighted by atomic mass is 16.1. The monoisotopic (exact) mass is 151 g/mol. The number of hydrogen-bond acceptors (Lipinski definition) is 1. The van der Waals surface area contributed by atoms with Crippen LogP contribution in [0.1, 0.15) is 32.6 Å². The van der Waals surface area contributed by atoms with E-state index in [1.807, 2.05) is 0 Å². The van der Waals surface area contributed by atoms with Gasteiger partial charge in [0.25, 0.3) is 0 Å². The fraction of sp³-hybridized carbons (Fsp3) is 0.800. The van der Waals surface area contributed by atoms with Crippen LogP contribution in [0, 0.1) is 23.7 Å². The van der Waals surface area contributed by atoms with Crippen LogP contribution in [0.3, 0.4) is 0 Å². The zero-order valence-corrected chi connectivity index (χ0v) is 7.05. The van der Waals surface area contributed by atoms with Crippen molar-refractivity contribution in [2.75, 3.05) is 0 Å². The number of carbonyl (C=O) groups is 1. The molecule has 1 radical (unpaired) electrons. The van der Waals surface area contributed by atoms with Crippen LogP contribution in [-0.4, -0.2) is 6.29 Å². The number of carbonyl (C=O) groups excluding carboxylic acids is 1. The van der Waals surface area contributed by atoms with Crippen LogP contribution in [0.4, 0.5) is 0 Å². The predicted octanol–water partition coefficient (Wildman–Crippen LogP) is 2.22. The van der Waals surface area contributed by atoms with E-state index in [1.54, 1.807) is 5.92 Å². The molecule has 2 rings (SSSR count). The summed E-state index contributed by atoms with van der Waals surface area (Å²) >= 11 is 0. The van der Waals surface area contributed by atoms with Gasteiger partial charge in [0.2, 0.25) is 0 Å². The normalized spacial score (nSPS) is 43.2.